The van der Waals surface area contributed by atoms with Crippen LogP contribution in [0, 0.1) is 5.92 Å². The van der Waals surface area contributed by atoms with Gasteiger partial charge in [0.2, 0.25) is 0 Å². The average Bonchev–Trinajstić information content (AvgIpc) is 2.53. The number of nitrogens with zero attached hydrogens (tertiary/aromatic N) is 1. The Kier molecular flexibility index (Phi) is 4.69. The van der Waals surface area contributed by atoms with Crippen molar-refractivity contribution >= 4 is 5.69 Å². The molecular weight excluding hydrogens is 260 g/mol. The largest absolute Gasteiger partial charge is 0.491 e. The zero-order valence-corrected chi connectivity index (χ0v) is 13.4. The molecule has 2 heterocycles. The lowest BCUT2D eigenvalue weighted by molar-refractivity contribution is 0.119. The van der Waals surface area contributed by atoms with E-state index in [9.17, 15) is 0 Å². The van der Waals surface area contributed by atoms with Crippen molar-refractivity contribution in [3.63, 3.8) is 0 Å². The van der Waals surface area contributed by atoms with Crippen LogP contribution in [0.3, 0.4) is 0 Å². The quantitative estimate of drug-likeness (QED) is 0.917. The first-order chi connectivity index (χ1) is 10.2. The van der Waals surface area contributed by atoms with Crippen molar-refractivity contribution in [2.24, 2.45) is 5.92 Å². The third-order valence-electron chi connectivity index (χ3n) is 4.89. The van der Waals surface area contributed by atoms with E-state index in [0.717, 1.165) is 18.9 Å². The molecule has 1 fully saturated rings. The summed E-state index contributed by atoms with van der Waals surface area (Å²) in [5, 5.41) is 3.51. The molecule has 1 aromatic carbocycles. The van der Waals surface area contributed by atoms with E-state index in [2.05, 4.69) is 42.3 Å². The van der Waals surface area contributed by atoms with Crippen LogP contribution >= 0.6 is 0 Å². The molecule has 3 nitrogen and oxygen atoms in total. The molecule has 0 saturated carbocycles. The van der Waals surface area contributed by atoms with Gasteiger partial charge in [-0.05, 0) is 70.2 Å². The van der Waals surface area contributed by atoms with E-state index in [0.29, 0.717) is 12.0 Å². The predicted octanol–water partition coefficient (Wildman–Crippen LogP) is 3.54. The number of aryl methyl sites for hydroxylation is 1. The number of hydrogen-bond acceptors (Lipinski definition) is 3. The Hall–Kier alpha value is -1.22. The number of para-hydroxylation sites is 1. The summed E-state index contributed by atoms with van der Waals surface area (Å²) in [6, 6.07) is 7.13. The predicted molar refractivity (Wildman–Crippen MR) is 88.2 cm³/mol. The summed E-state index contributed by atoms with van der Waals surface area (Å²) in [4.78, 5) is 2.57. The third kappa shape index (κ3) is 3.52. The van der Waals surface area contributed by atoms with Crippen LogP contribution in [0.1, 0.15) is 38.7 Å². The zero-order chi connectivity index (χ0) is 14.7. The normalized spacial score (nSPS) is 20.1. The molecule has 0 aromatic heterocycles. The Bertz CT molecular complexity index is 464. The van der Waals surface area contributed by atoms with Crippen molar-refractivity contribution in [2.45, 2.75) is 45.6 Å². The minimum Gasteiger partial charge on any atom is -0.491 e. The molecule has 0 radical (unpaired) electrons. The summed E-state index contributed by atoms with van der Waals surface area (Å²) in [6.45, 7) is 8.95. The highest BCUT2D eigenvalue weighted by atomic mass is 16.5. The van der Waals surface area contributed by atoms with Gasteiger partial charge in [-0.15, -0.1) is 0 Å². The highest BCUT2D eigenvalue weighted by Gasteiger charge is 2.22. The molecule has 21 heavy (non-hydrogen) atoms. The van der Waals surface area contributed by atoms with Crippen molar-refractivity contribution in [3.8, 4) is 5.75 Å². The van der Waals surface area contributed by atoms with Crippen molar-refractivity contribution in [1.82, 2.24) is 4.90 Å². The second-order valence-electron chi connectivity index (χ2n) is 6.70. The number of fused-ring (bicyclic) bond motifs is 1. The monoisotopic (exact) mass is 288 g/mol. The summed E-state index contributed by atoms with van der Waals surface area (Å²) in [7, 11) is 0. The van der Waals surface area contributed by atoms with Crippen LogP contribution in [-0.2, 0) is 6.42 Å². The van der Waals surface area contributed by atoms with E-state index in [1.165, 1.54) is 50.0 Å². The van der Waals surface area contributed by atoms with Crippen LogP contribution in [0.15, 0.2) is 18.2 Å². The molecule has 0 bridgehead atoms. The fourth-order valence-electron chi connectivity index (χ4n) is 3.44. The smallest absolute Gasteiger partial charge is 0.142 e. The number of benzene rings is 1. The summed E-state index contributed by atoms with van der Waals surface area (Å²) in [5.41, 5.74) is 2.65. The lowest BCUT2D eigenvalue weighted by atomic mass is 9.97. The molecule has 1 saturated heterocycles. The number of anilines is 1. The zero-order valence-electron chi connectivity index (χ0n) is 13.4. The second-order valence-corrected chi connectivity index (χ2v) is 6.70. The molecule has 0 spiro atoms. The maximum atomic E-state index is 6.16. The lowest BCUT2D eigenvalue weighted by Crippen LogP contribution is -2.39. The van der Waals surface area contributed by atoms with Gasteiger partial charge < -0.3 is 15.0 Å². The fourth-order valence-corrected chi connectivity index (χ4v) is 3.44. The van der Waals surface area contributed by atoms with Gasteiger partial charge in [0.15, 0.2) is 0 Å². The third-order valence-corrected chi connectivity index (χ3v) is 4.89. The van der Waals surface area contributed by atoms with Crippen molar-refractivity contribution in [3.05, 3.63) is 23.8 Å². The number of piperidine rings is 1. The number of rotatable bonds is 4. The number of likely N-dealkylation sites (tertiary alicyclic amines) is 1. The number of ether oxygens (including phenoxy) is 1. The van der Waals surface area contributed by atoms with Gasteiger partial charge in [0.05, 0.1) is 12.3 Å². The second kappa shape index (κ2) is 6.69. The summed E-state index contributed by atoms with van der Waals surface area (Å²) in [5.74, 6) is 1.76. The SMILES string of the molecule is CC(C)N1CCC(COc2cccc3c2NCCC3)CC1. The standard InChI is InChI=1S/C18H28N2O/c1-14(2)20-11-8-15(9-12-20)13-21-17-7-3-5-16-6-4-10-19-18(16)17/h3,5,7,14-15,19H,4,6,8-13H2,1-2H3. The van der Waals surface area contributed by atoms with Gasteiger partial charge >= 0.3 is 0 Å². The van der Waals surface area contributed by atoms with Gasteiger partial charge in [-0.3, -0.25) is 0 Å². The van der Waals surface area contributed by atoms with Gasteiger partial charge in [0.25, 0.3) is 0 Å². The molecule has 1 N–H and O–H groups in total. The van der Waals surface area contributed by atoms with Gasteiger partial charge in [0.1, 0.15) is 5.75 Å². The number of nitrogens with one attached hydrogen (secondary N) is 1. The van der Waals surface area contributed by atoms with Crippen LogP contribution in [0.2, 0.25) is 0 Å². The Morgan fingerprint density at radius 3 is 2.86 bits per heavy atom. The van der Waals surface area contributed by atoms with Crippen LogP contribution in [0.5, 0.6) is 5.75 Å². The Morgan fingerprint density at radius 1 is 1.29 bits per heavy atom. The molecule has 3 heteroatoms. The Morgan fingerprint density at radius 2 is 2.10 bits per heavy atom. The lowest BCUT2D eigenvalue weighted by Gasteiger charge is -2.34. The minimum absolute atomic E-state index is 0.678. The van der Waals surface area contributed by atoms with Crippen LogP contribution < -0.4 is 10.1 Å². The average molecular weight is 288 g/mol. The topological polar surface area (TPSA) is 24.5 Å². The van der Waals surface area contributed by atoms with Gasteiger partial charge in [-0.1, -0.05) is 12.1 Å². The first kappa shape index (κ1) is 14.7. The van der Waals surface area contributed by atoms with E-state index in [4.69, 9.17) is 4.74 Å². The van der Waals surface area contributed by atoms with E-state index < -0.39 is 0 Å². The van der Waals surface area contributed by atoms with Gasteiger partial charge in [-0.25, -0.2) is 0 Å². The highest BCUT2D eigenvalue weighted by Crippen LogP contribution is 2.32. The van der Waals surface area contributed by atoms with Crippen molar-refractivity contribution < 1.29 is 4.74 Å². The molecule has 116 valence electrons. The van der Waals surface area contributed by atoms with E-state index in [-0.39, 0.29) is 0 Å². The molecule has 0 amide bonds. The first-order valence-corrected chi connectivity index (χ1v) is 8.46. The van der Waals surface area contributed by atoms with Gasteiger partial charge in [-0.2, -0.15) is 0 Å². The summed E-state index contributed by atoms with van der Waals surface area (Å²) >= 11 is 0. The van der Waals surface area contributed by atoms with Crippen LogP contribution in [0.25, 0.3) is 0 Å². The maximum absolute atomic E-state index is 6.16. The van der Waals surface area contributed by atoms with Gasteiger partial charge in [0, 0.05) is 12.6 Å². The maximum Gasteiger partial charge on any atom is 0.142 e. The molecule has 0 atom stereocenters. The molecule has 2 aliphatic rings. The Balaban J connectivity index is 1.54. The minimum atomic E-state index is 0.678. The Labute approximate surface area is 128 Å². The molecular formula is C18H28N2O. The molecule has 1 aromatic rings. The van der Waals surface area contributed by atoms with Crippen LogP contribution in [-0.4, -0.2) is 37.2 Å². The number of hydrogen-bond donors (Lipinski definition) is 1. The van der Waals surface area contributed by atoms with E-state index in [1.807, 2.05) is 0 Å². The van der Waals surface area contributed by atoms with E-state index >= 15 is 0 Å². The van der Waals surface area contributed by atoms with E-state index in [1.54, 1.807) is 0 Å². The highest BCUT2D eigenvalue weighted by molar-refractivity contribution is 5.63. The van der Waals surface area contributed by atoms with Crippen molar-refractivity contribution in [1.29, 1.82) is 0 Å². The molecule has 2 aliphatic heterocycles. The summed E-state index contributed by atoms with van der Waals surface area (Å²) < 4.78 is 6.16. The molecule has 3 rings (SSSR count). The fraction of sp³-hybridized carbons (Fsp3) is 0.667. The van der Waals surface area contributed by atoms with Crippen molar-refractivity contribution in [2.75, 3.05) is 31.6 Å². The van der Waals surface area contributed by atoms with Crippen LogP contribution in [0.4, 0.5) is 5.69 Å². The first-order valence-electron chi connectivity index (χ1n) is 8.46. The summed E-state index contributed by atoms with van der Waals surface area (Å²) in [6.07, 6.45) is 4.93. The molecule has 0 aliphatic carbocycles. The molecule has 0 unspecified atom stereocenters.